The van der Waals surface area contributed by atoms with Crippen molar-refractivity contribution in [3.63, 3.8) is 0 Å². The molecule has 5 aromatic rings. The minimum atomic E-state index is -0.417. The van der Waals surface area contributed by atoms with E-state index in [-0.39, 0.29) is 5.91 Å². The van der Waals surface area contributed by atoms with Gasteiger partial charge in [0, 0.05) is 27.9 Å². The van der Waals surface area contributed by atoms with Gasteiger partial charge in [-0.1, -0.05) is 22.8 Å². The summed E-state index contributed by atoms with van der Waals surface area (Å²) in [5.74, 6) is 4.36. The molecule has 0 radical (unpaired) electrons. The standard InChI is InChI=1S/C40H42ClN3O9/c1-46-31-14-10-24(30-23-33(53-44-30)26-20-36(48-3)38(50-5)37(21-26)49-4)18-35(31)52-17-9-7-6-8-16-51-32-15-11-25(19-34(32)47-2)39-42-29-13-12-27(41)22-28(29)40(45)43-39/h10-15,18-23,39,42H,6-9,16-17H2,1-5H3,(H,43,45). The Morgan fingerprint density at radius 2 is 1.30 bits per heavy atom. The summed E-state index contributed by atoms with van der Waals surface area (Å²) in [4.78, 5) is 12.7. The molecule has 12 nitrogen and oxygen atoms in total. The van der Waals surface area contributed by atoms with E-state index >= 15 is 0 Å². The number of carbonyl (C=O) groups excluding carboxylic acids is 1. The van der Waals surface area contributed by atoms with E-state index in [1.165, 1.54) is 0 Å². The van der Waals surface area contributed by atoms with Crippen LogP contribution in [-0.4, -0.2) is 59.8 Å². The molecule has 1 amide bonds. The molecular weight excluding hydrogens is 702 g/mol. The van der Waals surface area contributed by atoms with Gasteiger partial charge in [-0.3, -0.25) is 4.79 Å². The average molecular weight is 744 g/mol. The Kier molecular flexibility index (Phi) is 12.0. The summed E-state index contributed by atoms with van der Waals surface area (Å²) in [6.07, 6.45) is 3.23. The molecule has 0 saturated carbocycles. The lowest BCUT2D eigenvalue weighted by atomic mass is 10.1. The number of halogens is 1. The van der Waals surface area contributed by atoms with E-state index < -0.39 is 6.17 Å². The van der Waals surface area contributed by atoms with Crippen LogP contribution in [0.5, 0.6) is 40.2 Å². The largest absolute Gasteiger partial charge is 0.493 e. The Bertz CT molecular complexity index is 2030. The molecule has 6 rings (SSSR count). The summed E-state index contributed by atoms with van der Waals surface area (Å²) >= 11 is 6.06. The molecule has 1 aliphatic rings. The first-order valence-corrected chi connectivity index (χ1v) is 17.5. The maximum atomic E-state index is 12.7. The number of amides is 1. The van der Waals surface area contributed by atoms with E-state index in [1.807, 2.05) is 54.6 Å². The number of methoxy groups -OCH3 is 5. The predicted molar refractivity (Wildman–Crippen MR) is 201 cm³/mol. The summed E-state index contributed by atoms with van der Waals surface area (Å²) in [7, 11) is 7.90. The van der Waals surface area contributed by atoms with Crippen LogP contribution in [0, 0.1) is 0 Å². The van der Waals surface area contributed by atoms with Gasteiger partial charge in [0.1, 0.15) is 11.9 Å². The number of unbranched alkanes of at least 4 members (excludes halogenated alkanes) is 3. The van der Waals surface area contributed by atoms with E-state index in [0.717, 1.165) is 48.1 Å². The first-order chi connectivity index (χ1) is 25.8. The molecule has 1 unspecified atom stereocenters. The number of ether oxygens (including phenoxy) is 7. The normalized spacial score (nSPS) is 13.3. The molecule has 2 N–H and O–H groups in total. The van der Waals surface area contributed by atoms with E-state index in [2.05, 4.69) is 15.8 Å². The SMILES string of the molecule is COc1cc(C2NC(=O)c3cc(Cl)ccc3N2)ccc1OCCCCCCOc1cc(-c2cc(-c3cc(OC)c(OC)c(OC)c3)on2)ccc1OC. The number of rotatable bonds is 17. The predicted octanol–water partition coefficient (Wildman–Crippen LogP) is 8.58. The number of carbonyl (C=O) groups is 1. The molecule has 1 aliphatic heterocycles. The Morgan fingerprint density at radius 1 is 0.642 bits per heavy atom. The average Bonchev–Trinajstić information content (AvgIpc) is 3.69. The third-order valence-electron chi connectivity index (χ3n) is 8.80. The van der Waals surface area contributed by atoms with E-state index in [4.69, 9.17) is 49.3 Å². The maximum Gasteiger partial charge on any atom is 0.255 e. The highest BCUT2D eigenvalue weighted by Gasteiger charge is 2.26. The fraction of sp³-hybridized carbons (Fsp3) is 0.300. The molecule has 1 atom stereocenters. The Hall–Kier alpha value is -5.75. The van der Waals surface area contributed by atoms with E-state index in [9.17, 15) is 4.79 Å². The smallest absolute Gasteiger partial charge is 0.255 e. The molecule has 1 aromatic heterocycles. The highest BCUT2D eigenvalue weighted by atomic mass is 35.5. The van der Waals surface area contributed by atoms with Crippen LogP contribution in [0.4, 0.5) is 5.69 Å². The van der Waals surface area contributed by atoms with Gasteiger partial charge in [0.25, 0.3) is 5.91 Å². The topological polar surface area (TPSA) is 132 Å². The highest BCUT2D eigenvalue weighted by Crippen LogP contribution is 2.42. The molecule has 278 valence electrons. The molecule has 2 heterocycles. The van der Waals surface area contributed by atoms with Crippen LogP contribution in [0.1, 0.15) is 47.8 Å². The van der Waals surface area contributed by atoms with Gasteiger partial charge in [-0.15, -0.1) is 0 Å². The van der Waals surface area contributed by atoms with Gasteiger partial charge in [-0.25, -0.2) is 0 Å². The van der Waals surface area contributed by atoms with Crippen molar-refractivity contribution >= 4 is 23.2 Å². The summed E-state index contributed by atoms with van der Waals surface area (Å²) < 4.78 is 45.5. The molecule has 0 fully saturated rings. The second-order valence-electron chi connectivity index (χ2n) is 12.1. The fourth-order valence-electron chi connectivity index (χ4n) is 6.02. The monoisotopic (exact) mass is 743 g/mol. The first-order valence-electron chi connectivity index (χ1n) is 17.1. The van der Waals surface area contributed by atoms with Crippen LogP contribution in [0.15, 0.2) is 77.3 Å². The van der Waals surface area contributed by atoms with Crippen LogP contribution in [0.25, 0.3) is 22.6 Å². The quantitative estimate of drug-likeness (QED) is 0.0888. The number of hydrogen-bond acceptors (Lipinski definition) is 11. The number of aromatic nitrogens is 1. The number of fused-ring (bicyclic) bond motifs is 1. The highest BCUT2D eigenvalue weighted by molar-refractivity contribution is 6.31. The molecule has 0 bridgehead atoms. The second kappa shape index (κ2) is 17.2. The zero-order valence-corrected chi connectivity index (χ0v) is 31.0. The third-order valence-corrected chi connectivity index (χ3v) is 9.03. The lowest BCUT2D eigenvalue weighted by Crippen LogP contribution is -2.38. The second-order valence-corrected chi connectivity index (χ2v) is 12.6. The summed E-state index contributed by atoms with van der Waals surface area (Å²) in [5, 5.41) is 11.1. The number of nitrogens with zero attached hydrogens (tertiary/aromatic N) is 1. The van der Waals surface area contributed by atoms with E-state index in [0.29, 0.717) is 75.5 Å². The number of anilines is 1. The Labute approximate surface area is 313 Å². The maximum absolute atomic E-state index is 12.7. The molecule has 13 heteroatoms. The van der Waals surface area contributed by atoms with Crippen LogP contribution < -0.4 is 43.8 Å². The molecule has 0 aliphatic carbocycles. The van der Waals surface area contributed by atoms with Crippen LogP contribution >= 0.6 is 11.6 Å². The van der Waals surface area contributed by atoms with Crippen molar-refractivity contribution in [2.75, 3.05) is 54.1 Å². The summed E-state index contributed by atoms with van der Waals surface area (Å²) in [5.41, 5.74) is 4.25. The Morgan fingerprint density at radius 3 is 1.98 bits per heavy atom. The van der Waals surface area contributed by atoms with Crippen molar-refractivity contribution in [3.05, 3.63) is 88.9 Å². The lowest BCUT2D eigenvalue weighted by molar-refractivity contribution is 0.0935. The van der Waals surface area contributed by atoms with Gasteiger partial charge >= 0.3 is 0 Å². The van der Waals surface area contributed by atoms with Crippen molar-refractivity contribution in [1.82, 2.24) is 10.5 Å². The number of hydrogen-bond donors (Lipinski definition) is 2. The first kappa shape index (κ1) is 37.0. The molecule has 4 aromatic carbocycles. The number of nitrogens with one attached hydrogen (secondary N) is 2. The van der Waals surface area contributed by atoms with Gasteiger partial charge in [0.05, 0.1) is 54.3 Å². The minimum Gasteiger partial charge on any atom is -0.493 e. The van der Waals surface area contributed by atoms with Gasteiger partial charge in [0.2, 0.25) is 5.75 Å². The van der Waals surface area contributed by atoms with Crippen molar-refractivity contribution in [2.45, 2.75) is 31.8 Å². The van der Waals surface area contributed by atoms with Crippen molar-refractivity contribution in [2.24, 2.45) is 0 Å². The van der Waals surface area contributed by atoms with E-state index in [1.54, 1.807) is 53.7 Å². The van der Waals surface area contributed by atoms with Gasteiger partial charge in [-0.05, 0) is 91.9 Å². The lowest BCUT2D eigenvalue weighted by Gasteiger charge is -2.28. The number of benzene rings is 4. The minimum absolute atomic E-state index is 0.196. The van der Waals surface area contributed by atoms with Crippen LogP contribution in [-0.2, 0) is 0 Å². The fourth-order valence-corrected chi connectivity index (χ4v) is 6.19. The summed E-state index contributed by atoms with van der Waals surface area (Å²) in [6.45, 7) is 1.06. The Balaban J connectivity index is 0.975. The van der Waals surface area contributed by atoms with Gasteiger partial charge in [0.15, 0.2) is 40.3 Å². The van der Waals surface area contributed by atoms with Crippen molar-refractivity contribution in [1.29, 1.82) is 0 Å². The molecule has 53 heavy (non-hydrogen) atoms. The third kappa shape index (κ3) is 8.49. The summed E-state index contributed by atoms with van der Waals surface area (Å²) in [6, 6.07) is 22.0. The van der Waals surface area contributed by atoms with Crippen molar-refractivity contribution < 1.29 is 42.5 Å². The zero-order valence-electron chi connectivity index (χ0n) is 30.2. The van der Waals surface area contributed by atoms with Gasteiger partial charge in [-0.2, -0.15) is 0 Å². The molecular formula is C40H42ClN3O9. The zero-order chi connectivity index (χ0) is 37.3. The van der Waals surface area contributed by atoms with Crippen LogP contribution in [0.3, 0.4) is 0 Å². The van der Waals surface area contributed by atoms with Crippen LogP contribution in [0.2, 0.25) is 5.02 Å². The molecule has 0 saturated heterocycles. The van der Waals surface area contributed by atoms with Gasteiger partial charge < -0.3 is 48.3 Å². The molecule has 0 spiro atoms. The van der Waals surface area contributed by atoms with Crippen molar-refractivity contribution in [3.8, 4) is 62.8 Å².